The summed E-state index contributed by atoms with van der Waals surface area (Å²) in [5.41, 5.74) is 2.08. The molecular formula is C26H21N7O2S. The van der Waals surface area contributed by atoms with Crippen molar-refractivity contribution in [1.29, 1.82) is 0 Å². The molecule has 0 aliphatic heterocycles. The number of thioether (sulfide) groups is 1. The first kappa shape index (κ1) is 22.2. The third-order valence-electron chi connectivity index (χ3n) is 6.09. The standard InChI is InChI=1S/C26H21N7O2S/c1-3-31-23(34)18-9-5-7-11-20(18)32-22(29-30-25(31)32)15-36-26-28-19-10-6-4-8-17(19)24(35)33(26)21-13-12-16(2)14-27-21/h4-14H,3,15H2,1-2H3. The zero-order chi connectivity index (χ0) is 24.8. The average Bonchev–Trinajstić information content (AvgIpc) is 3.32. The summed E-state index contributed by atoms with van der Waals surface area (Å²) in [6, 6.07) is 18.5. The summed E-state index contributed by atoms with van der Waals surface area (Å²) in [4.78, 5) is 35.8. The van der Waals surface area contributed by atoms with E-state index in [0.29, 0.717) is 51.2 Å². The fraction of sp³-hybridized carbons (Fsp3) is 0.154. The maximum atomic E-state index is 13.5. The molecule has 10 heteroatoms. The SMILES string of the molecule is CCn1c(=O)c2ccccc2n2c(CSc3nc4ccccc4c(=O)n3-c3ccc(C)cn3)nnc12. The summed E-state index contributed by atoms with van der Waals surface area (Å²) in [6.45, 7) is 4.33. The second-order valence-corrected chi connectivity index (χ2v) is 9.30. The fourth-order valence-corrected chi connectivity index (χ4v) is 5.24. The van der Waals surface area contributed by atoms with Crippen molar-refractivity contribution < 1.29 is 0 Å². The Morgan fingerprint density at radius 3 is 2.44 bits per heavy atom. The van der Waals surface area contributed by atoms with Gasteiger partial charge in [-0.15, -0.1) is 10.2 Å². The Bertz CT molecular complexity index is 1890. The lowest BCUT2D eigenvalue weighted by atomic mass is 10.2. The van der Waals surface area contributed by atoms with Crippen molar-refractivity contribution in [3.63, 3.8) is 0 Å². The van der Waals surface area contributed by atoms with Gasteiger partial charge >= 0.3 is 0 Å². The minimum absolute atomic E-state index is 0.0947. The van der Waals surface area contributed by atoms with Crippen LogP contribution in [0.4, 0.5) is 0 Å². The number of hydrogen-bond donors (Lipinski definition) is 0. The third-order valence-corrected chi connectivity index (χ3v) is 7.03. The predicted octanol–water partition coefficient (Wildman–Crippen LogP) is 3.76. The van der Waals surface area contributed by atoms with Crippen LogP contribution < -0.4 is 11.1 Å². The predicted molar refractivity (Wildman–Crippen MR) is 140 cm³/mol. The van der Waals surface area contributed by atoms with Crippen LogP contribution in [-0.4, -0.2) is 33.7 Å². The number of aryl methyl sites for hydroxylation is 2. The molecule has 4 aromatic heterocycles. The van der Waals surface area contributed by atoms with Gasteiger partial charge in [0.15, 0.2) is 5.16 Å². The van der Waals surface area contributed by atoms with Crippen molar-refractivity contribution in [2.75, 3.05) is 0 Å². The highest BCUT2D eigenvalue weighted by atomic mass is 32.2. The molecule has 178 valence electrons. The number of fused-ring (bicyclic) bond motifs is 4. The van der Waals surface area contributed by atoms with Crippen LogP contribution in [0.1, 0.15) is 18.3 Å². The number of rotatable bonds is 5. The topological polar surface area (TPSA) is 100.0 Å². The molecular weight excluding hydrogens is 474 g/mol. The van der Waals surface area contributed by atoms with Crippen LogP contribution in [0.25, 0.3) is 33.4 Å². The Kier molecular flexibility index (Phi) is 5.37. The lowest BCUT2D eigenvalue weighted by molar-refractivity contribution is 0.735. The van der Waals surface area contributed by atoms with E-state index in [1.165, 1.54) is 16.3 Å². The number of hydrogen-bond acceptors (Lipinski definition) is 7. The van der Waals surface area contributed by atoms with E-state index in [1.807, 2.05) is 72.8 Å². The van der Waals surface area contributed by atoms with Gasteiger partial charge in [0.05, 0.1) is 27.6 Å². The maximum absolute atomic E-state index is 13.5. The van der Waals surface area contributed by atoms with Gasteiger partial charge in [-0.3, -0.25) is 18.6 Å². The summed E-state index contributed by atoms with van der Waals surface area (Å²) in [7, 11) is 0. The summed E-state index contributed by atoms with van der Waals surface area (Å²) in [5, 5.41) is 10.4. The van der Waals surface area contributed by atoms with E-state index in [1.54, 1.807) is 16.8 Å². The van der Waals surface area contributed by atoms with Crippen LogP contribution in [-0.2, 0) is 12.3 Å². The van der Waals surface area contributed by atoms with Gasteiger partial charge in [-0.1, -0.05) is 42.1 Å². The molecule has 0 saturated carbocycles. The lowest BCUT2D eigenvalue weighted by Gasteiger charge is -2.13. The van der Waals surface area contributed by atoms with E-state index in [0.717, 1.165) is 11.1 Å². The minimum Gasteiger partial charge on any atom is -0.277 e. The molecule has 36 heavy (non-hydrogen) atoms. The zero-order valence-electron chi connectivity index (χ0n) is 19.6. The first-order valence-corrected chi connectivity index (χ1v) is 12.5. The van der Waals surface area contributed by atoms with Crippen LogP contribution in [0.15, 0.2) is 81.6 Å². The molecule has 6 rings (SSSR count). The van der Waals surface area contributed by atoms with Crippen molar-refractivity contribution in [1.82, 2.24) is 33.7 Å². The van der Waals surface area contributed by atoms with Crippen molar-refractivity contribution in [3.8, 4) is 5.82 Å². The Hall–Kier alpha value is -4.31. The van der Waals surface area contributed by atoms with Gasteiger partial charge in [-0.25, -0.2) is 14.5 Å². The van der Waals surface area contributed by atoms with Crippen LogP contribution in [0.5, 0.6) is 0 Å². The highest BCUT2D eigenvalue weighted by Crippen LogP contribution is 2.25. The number of benzene rings is 2. The van der Waals surface area contributed by atoms with Gasteiger partial charge in [0.25, 0.3) is 11.1 Å². The molecule has 0 unspecified atom stereocenters. The number of aromatic nitrogens is 7. The molecule has 2 aromatic carbocycles. The van der Waals surface area contributed by atoms with Crippen molar-refractivity contribution >= 4 is 39.3 Å². The first-order chi connectivity index (χ1) is 17.6. The van der Waals surface area contributed by atoms with Crippen molar-refractivity contribution in [3.05, 3.63) is 99.0 Å². The summed E-state index contributed by atoms with van der Waals surface area (Å²) < 4.78 is 5.06. The average molecular weight is 496 g/mol. The van der Waals surface area contributed by atoms with E-state index in [2.05, 4.69) is 15.2 Å². The zero-order valence-corrected chi connectivity index (χ0v) is 20.4. The van der Waals surface area contributed by atoms with Gasteiger partial charge in [0, 0.05) is 12.7 Å². The summed E-state index contributed by atoms with van der Waals surface area (Å²) >= 11 is 1.37. The molecule has 9 nitrogen and oxygen atoms in total. The van der Waals surface area contributed by atoms with E-state index < -0.39 is 0 Å². The normalized spacial score (nSPS) is 11.6. The van der Waals surface area contributed by atoms with E-state index in [4.69, 9.17) is 4.98 Å². The molecule has 4 heterocycles. The first-order valence-electron chi connectivity index (χ1n) is 11.5. The molecule has 0 amide bonds. The molecule has 0 fully saturated rings. The molecule has 0 aliphatic carbocycles. The monoisotopic (exact) mass is 495 g/mol. The molecule has 0 N–H and O–H groups in total. The number of nitrogens with zero attached hydrogens (tertiary/aromatic N) is 7. The highest BCUT2D eigenvalue weighted by molar-refractivity contribution is 7.98. The molecule has 0 bridgehead atoms. The Balaban J connectivity index is 1.51. The molecule has 0 saturated heterocycles. The molecule has 0 atom stereocenters. The molecule has 0 spiro atoms. The Morgan fingerprint density at radius 1 is 0.889 bits per heavy atom. The van der Waals surface area contributed by atoms with Crippen LogP contribution in [0, 0.1) is 6.92 Å². The van der Waals surface area contributed by atoms with E-state index in [9.17, 15) is 9.59 Å². The second-order valence-electron chi connectivity index (χ2n) is 8.35. The Morgan fingerprint density at radius 2 is 1.67 bits per heavy atom. The second kappa shape index (κ2) is 8.72. The van der Waals surface area contributed by atoms with Crippen molar-refractivity contribution in [2.45, 2.75) is 31.3 Å². The Labute approximate surface area is 209 Å². The quantitative estimate of drug-likeness (QED) is 0.265. The third kappa shape index (κ3) is 3.49. The maximum Gasteiger partial charge on any atom is 0.267 e. The summed E-state index contributed by atoms with van der Waals surface area (Å²) in [6.07, 6.45) is 1.73. The molecule has 6 aromatic rings. The van der Waals surface area contributed by atoms with Gasteiger partial charge in [-0.05, 0) is 49.7 Å². The molecule has 0 aliphatic rings. The summed E-state index contributed by atoms with van der Waals surface area (Å²) in [5.74, 6) is 2.02. The van der Waals surface area contributed by atoms with Crippen molar-refractivity contribution in [2.24, 2.45) is 0 Å². The van der Waals surface area contributed by atoms with Gasteiger partial charge in [0.1, 0.15) is 11.6 Å². The largest absolute Gasteiger partial charge is 0.277 e. The van der Waals surface area contributed by atoms with E-state index in [-0.39, 0.29) is 11.1 Å². The highest BCUT2D eigenvalue weighted by Gasteiger charge is 2.18. The smallest absolute Gasteiger partial charge is 0.267 e. The van der Waals surface area contributed by atoms with E-state index >= 15 is 0 Å². The molecule has 0 radical (unpaired) electrons. The lowest BCUT2D eigenvalue weighted by Crippen LogP contribution is -2.23. The van der Waals surface area contributed by atoms with Gasteiger partial charge in [0.2, 0.25) is 5.78 Å². The fourth-order valence-electron chi connectivity index (χ4n) is 4.33. The van der Waals surface area contributed by atoms with Gasteiger partial charge < -0.3 is 0 Å². The van der Waals surface area contributed by atoms with Crippen LogP contribution >= 0.6 is 11.8 Å². The number of pyridine rings is 1. The van der Waals surface area contributed by atoms with Crippen LogP contribution in [0.2, 0.25) is 0 Å². The van der Waals surface area contributed by atoms with Gasteiger partial charge in [-0.2, -0.15) is 0 Å². The van der Waals surface area contributed by atoms with Crippen LogP contribution in [0.3, 0.4) is 0 Å². The number of para-hydroxylation sites is 2. The minimum atomic E-state index is -0.184.